The summed E-state index contributed by atoms with van der Waals surface area (Å²) >= 11 is 1.65. The molecule has 1 aromatic rings. The van der Waals surface area contributed by atoms with Gasteiger partial charge in [-0.05, 0) is 37.1 Å². The summed E-state index contributed by atoms with van der Waals surface area (Å²) < 4.78 is 0. The summed E-state index contributed by atoms with van der Waals surface area (Å²) in [4.78, 5) is 26.7. The summed E-state index contributed by atoms with van der Waals surface area (Å²) in [6, 6.07) is 4.00. The number of hydrogen-bond donors (Lipinski definition) is 2. The molecule has 2 unspecified atom stereocenters. The second kappa shape index (κ2) is 6.05. The van der Waals surface area contributed by atoms with Gasteiger partial charge in [-0.3, -0.25) is 4.79 Å². The number of rotatable bonds is 5. The number of aliphatic carboxylic acids is 1. The maximum absolute atomic E-state index is 12.5. The van der Waals surface area contributed by atoms with Crippen molar-refractivity contribution >= 4 is 23.3 Å². The van der Waals surface area contributed by atoms with Crippen molar-refractivity contribution in [1.82, 2.24) is 10.2 Å². The molecule has 2 amide bonds. The highest BCUT2D eigenvalue weighted by Crippen LogP contribution is 2.31. The molecule has 21 heavy (non-hydrogen) atoms. The number of carbonyl (C=O) groups is 2. The number of thiophene rings is 1. The van der Waals surface area contributed by atoms with Crippen LogP contribution in [0, 0.1) is 5.92 Å². The lowest BCUT2D eigenvalue weighted by atomic mass is 10.0. The SMILES string of the molecule is O=C(O)C1CCCC1NC(=O)N(Cc1cccs1)C1CC1. The fourth-order valence-corrected chi connectivity index (χ4v) is 3.70. The van der Waals surface area contributed by atoms with E-state index in [4.69, 9.17) is 0 Å². The van der Waals surface area contributed by atoms with Gasteiger partial charge in [-0.2, -0.15) is 0 Å². The zero-order valence-corrected chi connectivity index (χ0v) is 12.6. The largest absolute Gasteiger partial charge is 0.481 e. The number of nitrogens with zero attached hydrogens (tertiary/aromatic N) is 1. The molecule has 2 fully saturated rings. The fourth-order valence-electron chi connectivity index (χ4n) is 2.99. The van der Waals surface area contributed by atoms with E-state index in [2.05, 4.69) is 5.32 Å². The van der Waals surface area contributed by atoms with E-state index in [9.17, 15) is 14.7 Å². The Hall–Kier alpha value is -1.56. The van der Waals surface area contributed by atoms with Gasteiger partial charge in [0.05, 0.1) is 12.5 Å². The van der Waals surface area contributed by atoms with Gasteiger partial charge in [-0.1, -0.05) is 12.5 Å². The van der Waals surface area contributed by atoms with E-state index < -0.39 is 11.9 Å². The number of nitrogens with one attached hydrogen (secondary N) is 1. The monoisotopic (exact) mass is 308 g/mol. The highest BCUT2D eigenvalue weighted by atomic mass is 32.1. The molecular formula is C15H20N2O3S. The molecule has 114 valence electrons. The second-order valence-corrected chi connectivity index (χ2v) is 6.90. The van der Waals surface area contributed by atoms with Gasteiger partial charge in [-0.15, -0.1) is 11.3 Å². The highest BCUT2D eigenvalue weighted by molar-refractivity contribution is 7.09. The molecule has 2 saturated carbocycles. The molecule has 0 aliphatic heterocycles. The quantitative estimate of drug-likeness (QED) is 0.878. The molecule has 0 radical (unpaired) electrons. The van der Waals surface area contributed by atoms with Crippen molar-refractivity contribution in [1.29, 1.82) is 0 Å². The Morgan fingerprint density at radius 3 is 2.76 bits per heavy atom. The van der Waals surface area contributed by atoms with Gasteiger partial charge in [-0.25, -0.2) is 4.79 Å². The lowest BCUT2D eigenvalue weighted by Gasteiger charge is -2.26. The first-order valence-corrected chi connectivity index (χ1v) is 8.35. The van der Waals surface area contributed by atoms with Crippen LogP contribution in [0.3, 0.4) is 0 Å². The van der Waals surface area contributed by atoms with Gasteiger partial charge in [0.2, 0.25) is 0 Å². The molecule has 2 atom stereocenters. The predicted octanol–water partition coefficient (Wildman–Crippen LogP) is 2.68. The first kappa shape index (κ1) is 14.4. The van der Waals surface area contributed by atoms with E-state index in [1.165, 1.54) is 4.88 Å². The fraction of sp³-hybridized carbons (Fsp3) is 0.600. The molecule has 0 saturated heterocycles. The maximum atomic E-state index is 12.5. The Labute approximate surface area is 128 Å². The van der Waals surface area contributed by atoms with Crippen LogP contribution in [-0.2, 0) is 11.3 Å². The van der Waals surface area contributed by atoms with Gasteiger partial charge in [0, 0.05) is 17.0 Å². The molecule has 2 aliphatic rings. The Bertz CT molecular complexity index is 513. The third kappa shape index (κ3) is 3.37. The molecule has 1 aromatic heterocycles. The number of carboxylic acid groups (broad SMARTS) is 1. The van der Waals surface area contributed by atoms with Crippen LogP contribution >= 0.6 is 11.3 Å². The first-order chi connectivity index (χ1) is 10.1. The van der Waals surface area contributed by atoms with Crippen LogP contribution in [0.1, 0.15) is 37.0 Å². The summed E-state index contributed by atoms with van der Waals surface area (Å²) in [6.07, 6.45) is 4.39. The number of urea groups is 1. The topological polar surface area (TPSA) is 69.6 Å². The minimum absolute atomic E-state index is 0.107. The summed E-state index contributed by atoms with van der Waals surface area (Å²) in [5, 5.41) is 14.2. The molecule has 0 spiro atoms. The van der Waals surface area contributed by atoms with Gasteiger partial charge < -0.3 is 15.3 Å². The molecule has 1 heterocycles. The second-order valence-electron chi connectivity index (χ2n) is 5.87. The van der Waals surface area contributed by atoms with Gasteiger partial charge in [0.15, 0.2) is 0 Å². The summed E-state index contributed by atoms with van der Waals surface area (Å²) in [5.74, 6) is -1.23. The van der Waals surface area contributed by atoms with Crippen LogP contribution in [0.25, 0.3) is 0 Å². The van der Waals surface area contributed by atoms with E-state index in [1.807, 2.05) is 22.4 Å². The zero-order chi connectivity index (χ0) is 14.8. The minimum Gasteiger partial charge on any atom is -0.481 e. The van der Waals surface area contributed by atoms with Crippen molar-refractivity contribution in [2.75, 3.05) is 0 Å². The molecule has 2 aliphatic carbocycles. The van der Waals surface area contributed by atoms with Crippen molar-refractivity contribution in [2.24, 2.45) is 5.92 Å². The summed E-state index contributed by atoms with van der Waals surface area (Å²) in [5.41, 5.74) is 0. The smallest absolute Gasteiger partial charge is 0.318 e. The molecule has 0 aromatic carbocycles. The van der Waals surface area contributed by atoms with Crippen LogP contribution < -0.4 is 5.32 Å². The third-order valence-corrected chi connectivity index (χ3v) is 5.16. The van der Waals surface area contributed by atoms with E-state index in [0.29, 0.717) is 19.0 Å². The lowest BCUT2D eigenvalue weighted by Crippen LogP contribution is -2.47. The average Bonchev–Trinajstić information content (AvgIpc) is 2.97. The zero-order valence-electron chi connectivity index (χ0n) is 11.8. The lowest BCUT2D eigenvalue weighted by molar-refractivity contribution is -0.142. The molecule has 0 bridgehead atoms. The minimum atomic E-state index is -0.797. The van der Waals surface area contributed by atoms with Crippen LogP contribution in [0.5, 0.6) is 0 Å². The number of carboxylic acids is 1. The summed E-state index contributed by atoms with van der Waals surface area (Å²) in [7, 11) is 0. The summed E-state index contributed by atoms with van der Waals surface area (Å²) in [6.45, 7) is 0.624. The number of hydrogen-bond acceptors (Lipinski definition) is 3. The van der Waals surface area contributed by atoms with Crippen LogP contribution in [0.15, 0.2) is 17.5 Å². The van der Waals surface area contributed by atoms with Gasteiger partial charge in [0.1, 0.15) is 0 Å². The van der Waals surface area contributed by atoms with Crippen molar-refractivity contribution in [2.45, 2.75) is 50.7 Å². The van der Waals surface area contributed by atoms with E-state index in [0.717, 1.165) is 25.7 Å². The van der Waals surface area contributed by atoms with Crippen LogP contribution in [-0.4, -0.2) is 34.1 Å². The molecule has 2 N–H and O–H groups in total. The van der Waals surface area contributed by atoms with Crippen LogP contribution in [0.4, 0.5) is 4.79 Å². The van der Waals surface area contributed by atoms with E-state index in [1.54, 1.807) is 11.3 Å². The van der Waals surface area contributed by atoms with Gasteiger partial charge in [0.25, 0.3) is 0 Å². The maximum Gasteiger partial charge on any atom is 0.318 e. The Morgan fingerprint density at radius 1 is 1.33 bits per heavy atom. The van der Waals surface area contributed by atoms with E-state index >= 15 is 0 Å². The number of amides is 2. The van der Waals surface area contributed by atoms with Crippen molar-refractivity contribution in [3.8, 4) is 0 Å². The van der Waals surface area contributed by atoms with E-state index in [-0.39, 0.29) is 12.1 Å². The standard InChI is InChI=1S/C15H20N2O3S/c18-14(19)12-4-1-5-13(12)16-15(20)17(10-6-7-10)9-11-3-2-8-21-11/h2-3,8,10,12-13H,1,4-7,9H2,(H,16,20)(H,18,19). The number of carbonyl (C=O) groups excluding carboxylic acids is 1. The highest BCUT2D eigenvalue weighted by Gasteiger charge is 2.38. The normalized spacial score (nSPS) is 24.8. The average molecular weight is 308 g/mol. The third-order valence-electron chi connectivity index (χ3n) is 4.30. The van der Waals surface area contributed by atoms with Crippen molar-refractivity contribution in [3.05, 3.63) is 22.4 Å². The molecule has 3 rings (SSSR count). The predicted molar refractivity (Wildman–Crippen MR) is 80.2 cm³/mol. The molecule has 5 nitrogen and oxygen atoms in total. The van der Waals surface area contributed by atoms with Crippen molar-refractivity contribution < 1.29 is 14.7 Å². The van der Waals surface area contributed by atoms with Gasteiger partial charge >= 0.3 is 12.0 Å². The van der Waals surface area contributed by atoms with Crippen molar-refractivity contribution in [3.63, 3.8) is 0 Å². The molecule has 6 heteroatoms. The Balaban J connectivity index is 1.63. The Morgan fingerprint density at radius 2 is 2.14 bits per heavy atom. The first-order valence-electron chi connectivity index (χ1n) is 7.47. The van der Waals surface area contributed by atoms with Crippen LogP contribution in [0.2, 0.25) is 0 Å². The molecular weight excluding hydrogens is 288 g/mol. The Kier molecular flexibility index (Phi) is 4.14.